The van der Waals surface area contributed by atoms with Crippen LogP contribution in [0.25, 0.3) is 0 Å². The summed E-state index contributed by atoms with van der Waals surface area (Å²) in [7, 11) is -4.34. The molecule has 0 aliphatic carbocycles. The fourth-order valence-electron chi connectivity index (χ4n) is 6.36. The molecule has 1 aromatic rings. The van der Waals surface area contributed by atoms with Gasteiger partial charge in [0.1, 0.15) is 12.2 Å². The van der Waals surface area contributed by atoms with Crippen molar-refractivity contribution < 1.29 is 76.5 Å². The smallest absolute Gasteiger partial charge is 0.390 e. The van der Waals surface area contributed by atoms with Crippen molar-refractivity contribution in [1.29, 1.82) is 0 Å². The van der Waals surface area contributed by atoms with Crippen LogP contribution >= 0.6 is 7.82 Å². The molecule has 11 heteroatoms. The van der Waals surface area contributed by atoms with E-state index in [1.807, 2.05) is 44.2 Å². The number of hydrogen-bond donors (Lipinski definition) is 2. The number of nitrogens with one attached hydrogen (secondary N) is 1. The molecule has 1 heterocycles. The fourth-order valence-corrected chi connectivity index (χ4v) is 7.58. The third-order valence-corrected chi connectivity index (χ3v) is 11.0. The molecule has 5 atom stereocenters. The van der Waals surface area contributed by atoms with E-state index in [1.165, 1.54) is 51.4 Å². The third-order valence-electron chi connectivity index (χ3n) is 9.62. The van der Waals surface area contributed by atoms with E-state index in [2.05, 4.69) is 154 Å². The summed E-state index contributed by atoms with van der Waals surface area (Å²) in [6, 6.07) is 8.09. The average Bonchev–Trinajstić information content (AvgIpc) is 3.72. The van der Waals surface area contributed by atoms with Crippen LogP contribution in [0.2, 0.25) is 0 Å². The zero-order valence-corrected chi connectivity index (χ0v) is 42.8. The Morgan fingerprint density at radius 1 is 0.704 bits per heavy atom. The second kappa shape index (κ2) is 39.1. The minimum Gasteiger partial charge on any atom is -0.390 e. The number of ether oxygens (including phenoxy) is 3. The van der Waals surface area contributed by atoms with Crippen LogP contribution in [0.3, 0.4) is 0 Å². The van der Waals surface area contributed by atoms with Gasteiger partial charge in [0.05, 0.1) is 44.7 Å². The molecule has 1 fully saturated rings. The van der Waals surface area contributed by atoms with Gasteiger partial charge in [-0.2, -0.15) is 0 Å². The number of aliphatic hydroxyl groups excluding tert-OH is 1. The average molecular weight is 1020 g/mol. The molecule has 71 heavy (non-hydrogen) atoms. The van der Waals surface area contributed by atoms with Crippen LogP contribution in [0, 0.1) is 142 Å². The molecule has 0 bridgehead atoms. The molecule has 2 N–H and O–H groups in total. The van der Waals surface area contributed by atoms with Gasteiger partial charge in [0.25, 0.3) is 5.91 Å². The largest absolute Gasteiger partial charge is 0.475 e. The molecule has 416 valence electrons. The lowest BCUT2D eigenvalue weighted by Gasteiger charge is -2.33. The van der Waals surface area contributed by atoms with Crippen molar-refractivity contribution in [2.45, 2.75) is 168 Å². The lowest BCUT2D eigenvalue weighted by atomic mass is 9.99. The van der Waals surface area contributed by atoms with Crippen molar-refractivity contribution >= 4 is 13.7 Å². The van der Waals surface area contributed by atoms with Gasteiger partial charge in [-0.15, -0.1) is 0 Å². The van der Waals surface area contributed by atoms with Crippen LogP contribution in [0.1, 0.15) is 165 Å². The Morgan fingerprint density at radius 2 is 1.17 bits per heavy atom. The first-order chi connectivity index (χ1) is 34.5. The van der Waals surface area contributed by atoms with Gasteiger partial charge in [-0.05, 0) is 141 Å². The third kappa shape index (κ3) is 32.7. The van der Waals surface area contributed by atoms with Crippen LogP contribution in [-0.4, -0.2) is 67.1 Å². The van der Waals surface area contributed by atoms with E-state index in [0.717, 1.165) is 31.2 Å². The predicted molar refractivity (Wildman–Crippen MR) is 329 cm³/mol. The molecule has 10 nitrogen and oxygen atoms in total. The molecule has 1 unspecified atom stereocenters. The Bertz CT molecular complexity index is 2750. The van der Waals surface area contributed by atoms with E-state index in [1.54, 1.807) is 20.8 Å². The number of rotatable bonds is 27. The first kappa shape index (κ1) is 60.5. The molecule has 0 saturated carbocycles. The summed E-state index contributed by atoms with van der Waals surface area (Å²) in [6.45, 7) is 10.6. The number of benzene rings is 1. The highest BCUT2D eigenvalue weighted by molar-refractivity contribution is 7.48. The van der Waals surface area contributed by atoms with Crippen LogP contribution in [-0.2, 0) is 43.7 Å². The normalized spacial score (nSPS) is 14.2. The molecule has 1 aliphatic rings. The summed E-state index contributed by atoms with van der Waals surface area (Å²) in [4.78, 5) is 13.3. The summed E-state index contributed by atoms with van der Waals surface area (Å²) in [5.74, 6) is 58.9. The van der Waals surface area contributed by atoms with Crippen LogP contribution in [0.4, 0.5) is 0 Å². The summed E-state index contributed by atoms with van der Waals surface area (Å²) in [6.07, 6.45) is 11.6. The topological polar surface area (TPSA) is 122 Å². The van der Waals surface area contributed by atoms with E-state index in [9.17, 15) is 14.5 Å². The van der Waals surface area contributed by atoms with Gasteiger partial charge in [-0.3, -0.25) is 18.4 Å². The highest BCUT2D eigenvalue weighted by Gasteiger charge is 2.38. The van der Waals surface area contributed by atoms with E-state index in [4.69, 9.17) is 27.8 Å². The van der Waals surface area contributed by atoms with Gasteiger partial charge in [0.2, 0.25) is 0 Å². The highest BCUT2D eigenvalue weighted by atomic mass is 31.2. The van der Waals surface area contributed by atoms with Crippen LogP contribution in [0.15, 0.2) is 30.3 Å². The molecular formula is C60H112NO9P. The van der Waals surface area contributed by atoms with Crippen LogP contribution in [0.5, 0.6) is 0 Å². The Morgan fingerprint density at radius 3 is 1.62 bits per heavy atom. The van der Waals surface area contributed by atoms with Crippen molar-refractivity contribution in [2.75, 3.05) is 19.8 Å². The van der Waals surface area contributed by atoms with Gasteiger partial charge in [0, 0.05) is 75.7 Å². The van der Waals surface area contributed by atoms with E-state index in [-0.39, 0.29) is 60.2 Å². The molecular weight excluding hydrogens is 910 g/mol. The van der Waals surface area contributed by atoms with Crippen molar-refractivity contribution in [3.63, 3.8) is 0 Å². The number of aliphatic hydroxyl groups is 1. The number of phosphoric acid groups is 1. The number of amides is 1. The number of hydrogen-bond acceptors (Lipinski definition) is 9. The van der Waals surface area contributed by atoms with Crippen LogP contribution < -0.4 is 5.32 Å². The Balaban J connectivity index is -0.000000103. The minimum absolute atomic E-state index is 0. The van der Waals surface area contributed by atoms with Gasteiger partial charge >= 0.3 is 7.82 Å². The van der Waals surface area contributed by atoms with Gasteiger partial charge in [-0.25, -0.2) is 4.57 Å². The summed E-state index contributed by atoms with van der Waals surface area (Å²) >= 11 is 0. The van der Waals surface area contributed by atoms with Crippen molar-refractivity contribution in [3.8, 4) is 142 Å². The van der Waals surface area contributed by atoms with Crippen molar-refractivity contribution in [1.82, 2.24) is 5.32 Å². The molecule has 0 aromatic heterocycles. The number of phosphoric ester groups is 1. The number of carbonyl (C=O) groups is 1. The fraction of sp³-hybridized carbons (Fsp3) is 0.483. The molecule has 1 aliphatic heterocycles. The maximum atomic E-state index is 14.3. The Labute approximate surface area is 460 Å². The summed E-state index contributed by atoms with van der Waals surface area (Å²) < 4.78 is 49.7. The SMILES string of the molecule is CC#CC#CC#CC#CC#CC#CC#CC#CC#CC#CC#CC#CC(=O)N[C@@H](COP(=O)(OCc1ccccc1)OC[C@@H]1COC(C)(C)O1)[C@H](OC(C)C)[C@H](O)CCCCCCCCCCCCCC.[HH].[HH].[HH].[HH].[HH].[HH].[HH].[HH].[HH].[HH].[HH].[HH].[HH].[HH].[HH].[HH].[HH].[HH].[HH].[HH].[HH].[HH].[HH].[HH]. The quantitative estimate of drug-likeness (QED) is 0.0504. The lowest BCUT2D eigenvalue weighted by molar-refractivity contribution is -0.142. The predicted octanol–water partition coefficient (Wildman–Crippen LogP) is 14.2. The first-order valence-corrected chi connectivity index (χ1v) is 25.4. The van der Waals surface area contributed by atoms with Crippen molar-refractivity contribution in [2.24, 2.45) is 0 Å². The molecule has 0 spiro atoms. The van der Waals surface area contributed by atoms with E-state index >= 15 is 0 Å². The summed E-state index contributed by atoms with van der Waals surface area (Å²) in [5, 5.41) is 14.4. The molecule has 1 amide bonds. The monoisotopic (exact) mass is 1020 g/mol. The molecule has 1 saturated heterocycles. The number of carbonyl (C=O) groups excluding carboxylic acids is 1. The Hall–Kier alpha value is -6.64. The van der Waals surface area contributed by atoms with Crippen molar-refractivity contribution in [3.05, 3.63) is 35.9 Å². The van der Waals surface area contributed by atoms with E-state index < -0.39 is 50.5 Å². The van der Waals surface area contributed by atoms with E-state index in [0.29, 0.717) is 6.42 Å². The standard InChI is InChI=1S/C60H64NO9P.24H2/c1-7-9-11-13-15-17-19-21-22-23-24-25-26-27-28-29-30-31-33-35-37-39-44-48-58(63)61-56(59(69-53(3)4)57(62)47-43-38-36-34-32-20-18-16-14-12-10-8-2)52-68-71(64,66-49-54-45-41-40-42-46-54)67-51-55-50-65-60(5,6)70-55;;;;;;;;;;;;;;;;;;;;;;;;/h40-42,45-46,53,55-57,59,62H,8,10,12,14,16,18,20,32,34,36,38,43,47,49-52H2,1-6H3,(H,61,63);24*1H/t55-,56-,57+,59-,71?;;;;;;;;;;;;;;;;;;;;;;;;/m0......................../s1. The molecule has 2 rings (SSSR count). The zero-order chi connectivity index (χ0) is 51.5. The van der Waals surface area contributed by atoms with Gasteiger partial charge in [-0.1, -0.05) is 120 Å². The first-order valence-electron chi connectivity index (χ1n) is 23.9. The van der Waals surface area contributed by atoms with Gasteiger partial charge in [0.15, 0.2) is 5.79 Å². The lowest BCUT2D eigenvalue weighted by Crippen LogP contribution is -2.52. The Kier molecular flexibility index (Phi) is 33.3. The second-order valence-electron chi connectivity index (χ2n) is 16.3. The maximum Gasteiger partial charge on any atom is 0.475 e. The number of unbranched alkanes of at least 4 members (excludes halogenated alkanes) is 11. The van der Waals surface area contributed by atoms with Gasteiger partial charge < -0.3 is 24.6 Å². The summed E-state index contributed by atoms with van der Waals surface area (Å²) in [5.41, 5.74) is 0.731. The minimum atomic E-state index is -4.34. The molecule has 1 aromatic carbocycles. The second-order valence-corrected chi connectivity index (χ2v) is 18.0. The highest BCUT2D eigenvalue weighted by Crippen LogP contribution is 2.51. The maximum absolute atomic E-state index is 14.3. The molecule has 0 radical (unpaired) electrons. The zero-order valence-electron chi connectivity index (χ0n) is 42.0.